The number of amides is 1. The van der Waals surface area contributed by atoms with E-state index in [-0.39, 0.29) is 11.7 Å². The van der Waals surface area contributed by atoms with E-state index in [1.165, 1.54) is 12.1 Å². The first-order valence-corrected chi connectivity index (χ1v) is 7.02. The van der Waals surface area contributed by atoms with E-state index in [4.69, 9.17) is 16.3 Å². The van der Waals surface area contributed by atoms with Crippen LogP contribution in [0.1, 0.15) is 37.3 Å². The number of nitrogens with one attached hydrogen (secondary N) is 1. The molecule has 1 aromatic rings. The van der Waals surface area contributed by atoms with E-state index in [0.717, 1.165) is 5.56 Å². The van der Waals surface area contributed by atoms with Crippen molar-refractivity contribution in [3.63, 3.8) is 0 Å². The van der Waals surface area contributed by atoms with Gasteiger partial charge in [0.2, 0.25) is 0 Å². The minimum Gasteiger partial charge on any atom is -0.444 e. The Bertz CT molecular complexity index is 583. The van der Waals surface area contributed by atoms with Crippen LogP contribution in [0, 0.1) is 10.1 Å². The van der Waals surface area contributed by atoms with Crippen LogP contribution in [0.25, 0.3) is 0 Å². The van der Waals surface area contributed by atoms with Crippen molar-refractivity contribution in [1.29, 1.82) is 0 Å². The first-order valence-electron chi connectivity index (χ1n) is 6.58. The lowest BCUT2D eigenvalue weighted by atomic mass is 10.1. The van der Waals surface area contributed by atoms with Gasteiger partial charge in [-0.2, -0.15) is 0 Å². The highest BCUT2D eigenvalue weighted by molar-refractivity contribution is 6.22. The maximum atomic E-state index is 11.8. The van der Waals surface area contributed by atoms with E-state index in [2.05, 4.69) is 5.32 Å². The number of nitro benzene ring substituents is 1. The number of rotatable bonds is 2. The first kappa shape index (κ1) is 15.6. The molecule has 0 saturated carbocycles. The molecule has 1 aliphatic carbocycles. The van der Waals surface area contributed by atoms with Crippen LogP contribution in [0.5, 0.6) is 0 Å². The van der Waals surface area contributed by atoms with Crippen molar-refractivity contribution in [2.75, 3.05) is 0 Å². The van der Waals surface area contributed by atoms with Gasteiger partial charge in [0.1, 0.15) is 5.60 Å². The zero-order chi connectivity index (χ0) is 15.8. The topological polar surface area (TPSA) is 81.5 Å². The highest BCUT2D eigenvalue weighted by Crippen LogP contribution is 2.38. The molecule has 0 spiro atoms. The summed E-state index contributed by atoms with van der Waals surface area (Å²) in [6.45, 7) is 5.33. The lowest BCUT2D eigenvalue weighted by molar-refractivity contribution is -0.384. The van der Waals surface area contributed by atoms with Gasteiger partial charge in [-0.3, -0.25) is 10.1 Å². The van der Waals surface area contributed by atoms with E-state index in [1.807, 2.05) is 0 Å². The summed E-state index contributed by atoms with van der Waals surface area (Å²) in [7, 11) is 0. The second kappa shape index (κ2) is 5.52. The van der Waals surface area contributed by atoms with Gasteiger partial charge in [-0.15, -0.1) is 11.6 Å². The SMILES string of the molecule is CC(C)(C)OC(=O)N[C@H]1Cc2ccc([N+](=O)[O-])cc2[C@@H]1Cl. The van der Waals surface area contributed by atoms with Crippen molar-refractivity contribution in [3.05, 3.63) is 39.4 Å². The van der Waals surface area contributed by atoms with Crippen LogP contribution in [0.2, 0.25) is 0 Å². The van der Waals surface area contributed by atoms with Crippen molar-refractivity contribution >= 4 is 23.4 Å². The smallest absolute Gasteiger partial charge is 0.407 e. The molecule has 2 rings (SSSR count). The molecule has 1 N–H and O–H groups in total. The summed E-state index contributed by atoms with van der Waals surface area (Å²) < 4.78 is 5.19. The molecule has 2 atom stereocenters. The highest BCUT2D eigenvalue weighted by atomic mass is 35.5. The predicted molar refractivity (Wildman–Crippen MR) is 78.6 cm³/mol. The van der Waals surface area contributed by atoms with Crippen LogP contribution in [-0.2, 0) is 11.2 Å². The molecule has 1 amide bonds. The number of non-ortho nitro benzene ring substituents is 1. The Morgan fingerprint density at radius 2 is 2.14 bits per heavy atom. The lowest BCUT2D eigenvalue weighted by Gasteiger charge is -2.22. The van der Waals surface area contributed by atoms with Gasteiger partial charge in [0.05, 0.1) is 16.3 Å². The molecule has 0 fully saturated rings. The van der Waals surface area contributed by atoms with E-state index in [0.29, 0.717) is 12.0 Å². The number of halogens is 1. The van der Waals surface area contributed by atoms with E-state index in [1.54, 1.807) is 26.8 Å². The Balaban J connectivity index is 2.10. The Morgan fingerprint density at radius 1 is 1.48 bits per heavy atom. The van der Waals surface area contributed by atoms with Crippen molar-refractivity contribution in [2.24, 2.45) is 0 Å². The number of hydrogen-bond donors (Lipinski definition) is 1. The molecule has 0 aromatic heterocycles. The summed E-state index contributed by atoms with van der Waals surface area (Å²) >= 11 is 6.31. The molecular formula is C14H17ClN2O4. The molecule has 0 heterocycles. The van der Waals surface area contributed by atoms with Gasteiger partial charge >= 0.3 is 6.09 Å². The van der Waals surface area contributed by atoms with Crippen molar-refractivity contribution < 1.29 is 14.5 Å². The number of ether oxygens (including phenoxy) is 1. The van der Waals surface area contributed by atoms with Crippen LogP contribution < -0.4 is 5.32 Å². The van der Waals surface area contributed by atoms with Gasteiger partial charge in [-0.05, 0) is 38.3 Å². The van der Waals surface area contributed by atoms with E-state index < -0.39 is 22.0 Å². The van der Waals surface area contributed by atoms with Gasteiger partial charge < -0.3 is 10.1 Å². The van der Waals surface area contributed by atoms with Crippen LogP contribution >= 0.6 is 11.6 Å². The quantitative estimate of drug-likeness (QED) is 0.516. The molecule has 0 saturated heterocycles. The summed E-state index contributed by atoms with van der Waals surface area (Å²) in [6, 6.07) is 4.25. The molecule has 6 nitrogen and oxygen atoms in total. The fourth-order valence-electron chi connectivity index (χ4n) is 2.28. The average molecular weight is 313 g/mol. The Kier molecular flexibility index (Phi) is 4.09. The fraction of sp³-hybridized carbons (Fsp3) is 0.500. The molecule has 1 aliphatic rings. The zero-order valence-corrected chi connectivity index (χ0v) is 12.8. The molecule has 21 heavy (non-hydrogen) atoms. The fourth-order valence-corrected chi connectivity index (χ4v) is 2.63. The minimum absolute atomic E-state index is 0.00248. The standard InChI is InChI=1S/C14H17ClN2O4/c1-14(2,3)21-13(18)16-11-6-8-4-5-9(17(19)20)7-10(8)12(11)15/h4-5,7,11-12H,6H2,1-3H3,(H,16,18)/t11-,12-/m0/s1. The molecule has 7 heteroatoms. The number of carbonyl (C=O) groups is 1. The summed E-state index contributed by atoms with van der Waals surface area (Å²) in [5.41, 5.74) is 1.00. The third-order valence-corrected chi connectivity index (χ3v) is 3.67. The number of alkyl halides is 1. The summed E-state index contributed by atoms with van der Waals surface area (Å²) in [6.07, 6.45) is -0.0127. The average Bonchev–Trinajstić information content (AvgIpc) is 2.63. The van der Waals surface area contributed by atoms with Crippen molar-refractivity contribution in [1.82, 2.24) is 5.32 Å². The Labute approximate surface area is 127 Å². The maximum absolute atomic E-state index is 11.8. The number of carbonyl (C=O) groups excluding carboxylic acids is 1. The second-order valence-corrected chi connectivity index (χ2v) is 6.47. The van der Waals surface area contributed by atoms with Gasteiger partial charge in [0.15, 0.2) is 0 Å². The summed E-state index contributed by atoms with van der Waals surface area (Å²) in [4.78, 5) is 22.1. The molecule has 0 bridgehead atoms. The van der Waals surface area contributed by atoms with Crippen molar-refractivity contribution in [2.45, 2.75) is 44.2 Å². The van der Waals surface area contributed by atoms with Gasteiger partial charge in [0.25, 0.3) is 5.69 Å². The monoisotopic (exact) mass is 312 g/mol. The van der Waals surface area contributed by atoms with Gasteiger partial charge in [-0.25, -0.2) is 4.79 Å². The van der Waals surface area contributed by atoms with Crippen LogP contribution in [0.3, 0.4) is 0 Å². The van der Waals surface area contributed by atoms with E-state index in [9.17, 15) is 14.9 Å². The Morgan fingerprint density at radius 3 is 2.71 bits per heavy atom. The minimum atomic E-state index is -0.587. The molecule has 114 valence electrons. The normalized spacial score (nSPS) is 20.8. The number of alkyl carbamates (subject to hydrolysis) is 1. The molecule has 0 aliphatic heterocycles. The third kappa shape index (κ3) is 3.64. The van der Waals surface area contributed by atoms with Gasteiger partial charge in [0, 0.05) is 12.1 Å². The largest absolute Gasteiger partial charge is 0.444 e. The highest BCUT2D eigenvalue weighted by Gasteiger charge is 2.34. The molecule has 0 radical (unpaired) electrons. The first-order chi connectivity index (χ1) is 9.67. The number of fused-ring (bicyclic) bond motifs is 1. The second-order valence-electron chi connectivity index (χ2n) is 6.00. The molecule has 1 aromatic carbocycles. The van der Waals surface area contributed by atoms with Crippen LogP contribution in [0.15, 0.2) is 18.2 Å². The van der Waals surface area contributed by atoms with Crippen molar-refractivity contribution in [3.8, 4) is 0 Å². The number of nitrogens with zero attached hydrogens (tertiary/aromatic N) is 1. The number of benzene rings is 1. The summed E-state index contributed by atoms with van der Waals surface area (Å²) in [5.74, 6) is 0. The Hall–Kier alpha value is -1.82. The lowest BCUT2D eigenvalue weighted by Crippen LogP contribution is -2.40. The summed E-state index contributed by atoms with van der Waals surface area (Å²) in [5, 5.41) is 13.0. The predicted octanol–water partition coefficient (Wildman–Crippen LogP) is 3.32. The van der Waals surface area contributed by atoms with Crippen LogP contribution in [-0.4, -0.2) is 22.7 Å². The number of hydrogen-bond acceptors (Lipinski definition) is 4. The zero-order valence-electron chi connectivity index (χ0n) is 12.1. The number of nitro groups is 1. The molecule has 0 unspecified atom stereocenters. The maximum Gasteiger partial charge on any atom is 0.407 e. The van der Waals surface area contributed by atoms with Crippen LogP contribution in [0.4, 0.5) is 10.5 Å². The third-order valence-electron chi connectivity index (χ3n) is 3.13. The van der Waals surface area contributed by atoms with E-state index >= 15 is 0 Å². The molecular weight excluding hydrogens is 296 g/mol. The van der Waals surface area contributed by atoms with Gasteiger partial charge in [-0.1, -0.05) is 6.07 Å².